The Morgan fingerprint density at radius 3 is 2.10 bits per heavy atom. The lowest BCUT2D eigenvalue weighted by Crippen LogP contribution is -2.50. The first kappa shape index (κ1) is 24.4. The fraction of sp³-hybridized carbons (Fsp3) is 0.391. The van der Waals surface area contributed by atoms with Crippen molar-refractivity contribution in [3.63, 3.8) is 0 Å². The van der Waals surface area contributed by atoms with Crippen molar-refractivity contribution in [2.24, 2.45) is 0 Å². The van der Waals surface area contributed by atoms with E-state index in [2.05, 4.69) is 5.32 Å². The number of likely N-dealkylation sites (N-methyl/N-ethyl adjacent to an activating group) is 1. The summed E-state index contributed by atoms with van der Waals surface area (Å²) in [6.07, 6.45) is 1.08. The Morgan fingerprint density at radius 1 is 0.968 bits per heavy atom. The number of nitrogens with zero attached hydrogens (tertiary/aromatic N) is 2. The van der Waals surface area contributed by atoms with Crippen LogP contribution in [0.2, 0.25) is 0 Å². The molecule has 0 spiro atoms. The normalized spacial score (nSPS) is 12.3. The van der Waals surface area contributed by atoms with Crippen LogP contribution in [0.5, 0.6) is 0 Å². The Balaban J connectivity index is 2.43. The van der Waals surface area contributed by atoms with E-state index in [1.165, 1.54) is 11.9 Å². The van der Waals surface area contributed by atoms with Crippen LogP contribution in [0.15, 0.2) is 54.6 Å². The van der Waals surface area contributed by atoms with Crippen LogP contribution in [-0.2, 0) is 26.2 Å². The molecule has 31 heavy (non-hydrogen) atoms. The molecule has 8 heteroatoms. The number of rotatable bonds is 9. The summed E-state index contributed by atoms with van der Waals surface area (Å²) in [6.45, 7) is 5.37. The van der Waals surface area contributed by atoms with Crippen LogP contribution >= 0.6 is 0 Å². The van der Waals surface area contributed by atoms with Gasteiger partial charge in [0.25, 0.3) is 0 Å². The van der Waals surface area contributed by atoms with E-state index in [0.717, 1.165) is 21.7 Å². The molecule has 0 aromatic heterocycles. The topological polar surface area (TPSA) is 86.8 Å². The summed E-state index contributed by atoms with van der Waals surface area (Å²) in [5.74, 6) is -0.706. The smallest absolute Gasteiger partial charge is 0.244 e. The highest BCUT2D eigenvalue weighted by molar-refractivity contribution is 7.92. The largest absolute Gasteiger partial charge is 0.357 e. The Labute approximate surface area is 185 Å². The minimum atomic E-state index is -3.74. The number of amides is 2. The SMILES string of the molecule is CNC(=O)[C@@H](C)N(Cc1ccccc1)C(=O)CN(c1ccccc1C(C)C)S(C)(=O)=O. The van der Waals surface area contributed by atoms with Gasteiger partial charge >= 0.3 is 0 Å². The van der Waals surface area contributed by atoms with Gasteiger partial charge in [-0.3, -0.25) is 13.9 Å². The van der Waals surface area contributed by atoms with Crippen LogP contribution in [0.4, 0.5) is 5.69 Å². The van der Waals surface area contributed by atoms with Gasteiger partial charge in [-0.25, -0.2) is 8.42 Å². The number of benzene rings is 2. The summed E-state index contributed by atoms with van der Waals surface area (Å²) >= 11 is 0. The van der Waals surface area contributed by atoms with Gasteiger partial charge in [-0.05, 0) is 30.0 Å². The highest BCUT2D eigenvalue weighted by Crippen LogP contribution is 2.29. The summed E-state index contributed by atoms with van der Waals surface area (Å²) in [5.41, 5.74) is 2.15. The second-order valence-electron chi connectivity index (χ2n) is 7.78. The van der Waals surface area contributed by atoms with Gasteiger partial charge in [0, 0.05) is 13.6 Å². The zero-order valence-corrected chi connectivity index (χ0v) is 19.5. The fourth-order valence-electron chi connectivity index (χ4n) is 3.37. The van der Waals surface area contributed by atoms with Crippen LogP contribution in [0, 0.1) is 0 Å². The summed E-state index contributed by atoms with van der Waals surface area (Å²) in [5, 5.41) is 2.56. The third-order valence-corrected chi connectivity index (χ3v) is 6.24. The van der Waals surface area contributed by atoms with Gasteiger partial charge in [0.1, 0.15) is 12.6 Å². The number of para-hydroxylation sites is 1. The zero-order valence-electron chi connectivity index (χ0n) is 18.7. The molecule has 0 saturated carbocycles. The van der Waals surface area contributed by atoms with Crippen molar-refractivity contribution >= 4 is 27.5 Å². The fourth-order valence-corrected chi connectivity index (χ4v) is 4.24. The van der Waals surface area contributed by atoms with E-state index in [9.17, 15) is 18.0 Å². The summed E-state index contributed by atoms with van der Waals surface area (Å²) in [4.78, 5) is 27.1. The summed E-state index contributed by atoms with van der Waals surface area (Å²) in [6, 6.07) is 15.7. The van der Waals surface area contributed by atoms with E-state index < -0.39 is 28.5 Å². The number of anilines is 1. The quantitative estimate of drug-likeness (QED) is 0.643. The van der Waals surface area contributed by atoms with Crippen LogP contribution in [0.1, 0.15) is 37.8 Å². The molecule has 2 rings (SSSR count). The molecule has 0 aliphatic carbocycles. The van der Waals surface area contributed by atoms with Crippen molar-refractivity contribution < 1.29 is 18.0 Å². The zero-order chi connectivity index (χ0) is 23.2. The molecule has 7 nitrogen and oxygen atoms in total. The molecule has 1 atom stereocenters. The molecule has 0 saturated heterocycles. The minimum Gasteiger partial charge on any atom is -0.357 e. The van der Waals surface area contributed by atoms with E-state index in [-0.39, 0.29) is 18.4 Å². The molecule has 2 aromatic rings. The maximum Gasteiger partial charge on any atom is 0.244 e. The standard InChI is InChI=1S/C23H31N3O4S/c1-17(2)20-13-9-10-14-21(20)26(31(5,29)30)16-22(27)25(18(3)23(28)24-4)15-19-11-7-6-8-12-19/h6-14,17-18H,15-16H2,1-5H3,(H,24,28)/t18-/m1/s1. The molecule has 0 fully saturated rings. The van der Waals surface area contributed by atoms with Gasteiger partial charge in [-0.1, -0.05) is 62.4 Å². The number of hydrogen-bond acceptors (Lipinski definition) is 4. The van der Waals surface area contributed by atoms with Crippen LogP contribution in [0.25, 0.3) is 0 Å². The van der Waals surface area contributed by atoms with Crippen molar-refractivity contribution in [3.8, 4) is 0 Å². The number of carbonyl (C=O) groups excluding carboxylic acids is 2. The molecule has 0 aliphatic rings. The average Bonchev–Trinajstić information content (AvgIpc) is 2.74. The Bertz CT molecular complexity index is 1010. The molecular formula is C23H31N3O4S. The summed E-state index contributed by atoms with van der Waals surface area (Å²) in [7, 11) is -2.24. The highest BCUT2D eigenvalue weighted by Gasteiger charge is 2.30. The van der Waals surface area contributed by atoms with Crippen molar-refractivity contribution in [2.75, 3.05) is 24.2 Å². The molecule has 168 valence electrons. The Kier molecular flexibility index (Phi) is 8.21. The third kappa shape index (κ3) is 6.30. The van der Waals surface area contributed by atoms with Crippen molar-refractivity contribution in [1.82, 2.24) is 10.2 Å². The third-order valence-electron chi connectivity index (χ3n) is 5.12. The van der Waals surface area contributed by atoms with E-state index in [4.69, 9.17) is 0 Å². The second-order valence-corrected chi connectivity index (χ2v) is 9.69. The molecule has 0 unspecified atom stereocenters. The Morgan fingerprint density at radius 2 is 1.55 bits per heavy atom. The molecule has 0 heterocycles. The highest BCUT2D eigenvalue weighted by atomic mass is 32.2. The number of nitrogens with one attached hydrogen (secondary N) is 1. The van der Waals surface area contributed by atoms with Crippen molar-refractivity contribution in [3.05, 3.63) is 65.7 Å². The van der Waals surface area contributed by atoms with Crippen LogP contribution in [-0.4, -0.2) is 51.0 Å². The average molecular weight is 446 g/mol. The van der Waals surface area contributed by atoms with Gasteiger partial charge in [-0.15, -0.1) is 0 Å². The lowest BCUT2D eigenvalue weighted by molar-refractivity contribution is -0.139. The number of carbonyl (C=O) groups is 2. The molecular weight excluding hydrogens is 414 g/mol. The first-order chi connectivity index (χ1) is 14.6. The molecule has 0 bridgehead atoms. The Hall–Kier alpha value is -2.87. The van der Waals surface area contributed by atoms with Crippen molar-refractivity contribution in [2.45, 2.75) is 39.3 Å². The van der Waals surface area contributed by atoms with Gasteiger partial charge in [0.05, 0.1) is 11.9 Å². The monoisotopic (exact) mass is 445 g/mol. The van der Waals surface area contributed by atoms with E-state index in [1.54, 1.807) is 19.1 Å². The van der Waals surface area contributed by atoms with E-state index in [0.29, 0.717) is 5.69 Å². The molecule has 0 aliphatic heterocycles. The van der Waals surface area contributed by atoms with Gasteiger partial charge in [0.15, 0.2) is 0 Å². The summed E-state index contributed by atoms with van der Waals surface area (Å²) < 4.78 is 26.4. The lowest BCUT2D eigenvalue weighted by atomic mass is 10.0. The number of sulfonamides is 1. The predicted molar refractivity (Wildman–Crippen MR) is 123 cm³/mol. The van der Waals surface area contributed by atoms with E-state index >= 15 is 0 Å². The van der Waals surface area contributed by atoms with Gasteiger partial charge in [-0.2, -0.15) is 0 Å². The predicted octanol–water partition coefficient (Wildman–Crippen LogP) is 2.74. The second kappa shape index (κ2) is 10.4. The van der Waals surface area contributed by atoms with Crippen LogP contribution < -0.4 is 9.62 Å². The maximum atomic E-state index is 13.4. The minimum absolute atomic E-state index is 0.0702. The molecule has 0 radical (unpaired) electrons. The van der Waals surface area contributed by atoms with Gasteiger partial charge in [0.2, 0.25) is 21.8 Å². The first-order valence-corrected chi connectivity index (χ1v) is 12.0. The lowest BCUT2D eigenvalue weighted by Gasteiger charge is -2.32. The maximum absolute atomic E-state index is 13.4. The van der Waals surface area contributed by atoms with Crippen molar-refractivity contribution in [1.29, 1.82) is 0 Å². The van der Waals surface area contributed by atoms with Crippen LogP contribution in [0.3, 0.4) is 0 Å². The molecule has 2 amide bonds. The molecule has 1 N–H and O–H groups in total. The molecule has 2 aromatic carbocycles. The first-order valence-electron chi connectivity index (χ1n) is 10.2. The van der Waals surface area contributed by atoms with E-state index in [1.807, 2.05) is 56.3 Å². The van der Waals surface area contributed by atoms with Gasteiger partial charge < -0.3 is 10.2 Å². The number of hydrogen-bond donors (Lipinski definition) is 1.